The van der Waals surface area contributed by atoms with Crippen LogP contribution < -0.4 is 15.5 Å². The molecule has 2 heterocycles. The Balaban J connectivity index is 1.55. The van der Waals surface area contributed by atoms with Crippen molar-refractivity contribution in [3.63, 3.8) is 0 Å². The molecule has 2 aromatic carbocycles. The van der Waals surface area contributed by atoms with Crippen molar-refractivity contribution < 1.29 is 18.8 Å². The Morgan fingerprint density at radius 3 is 2.50 bits per heavy atom. The van der Waals surface area contributed by atoms with E-state index in [-0.39, 0.29) is 17.6 Å². The first-order chi connectivity index (χ1) is 14.5. The highest BCUT2D eigenvalue weighted by Gasteiger charge is 2.24. The van der Waals surface area contributed by atoms with Crippen LogP contribution in [0, 0.1) is 6.92 Å². The molecule has 0 spiro atoms. The summed E-state index contributed by atoms with van der Waals surface area (Å²) in [7, 11) is 0. The molecule has 0 saturated carbocycles. The zero-order valence-electron chi connectivity index (χ0n) is 16.5. The van der Waals surface area contributed by atoms with E-state index in [1.54, 1.807) is 41.3 Å². The Morgan fingerprint density at radius 1 is 0.967 bits per heavy atom. The number of amides is 3. The third-order valence-electron chi connectivity index (χ3n) is 5.01. The van der Waals surface area contributed by atoms with Crippen LogP contribution in [0.15, 0.2) is 65.3 Å². The van der Waals surface area contributed by atoms with Gasteiger partial charge in [-0.1, -0.05) is 18.2 Å². The number of nitrogens with zero attached hydrogens (tertiary/aromatic N) is 1. The number of hydrogen-bond acceptors (Lipinski definition) is 4. The van der Waals surface area contributed by atoms with Crippen molar-refractivity contribution in [2.45, 2.75) is 19.8 Å². The van der Waals surface area contributed by atoms with Gasteiger partial charge < -0.3 is 20.0 Å². The standard InChI is InChI=1S/C23H21N3O4/c1-15-10-11-16(14-18(15)25-23(29)20-8-5-13-30-20)22(28)24-17-6-2-3-7-19(17)26-12-4-9-21(26)27/h2-3,5-8,10-11,13-14H,4,9,12H2,1H3,(H,24,28)(H,25,29). The molecule has 30 heavy (non-hydrogen) atoms. The topological polar surface area (TPSA) is 91.7 Å². The molecular formula is C23H21N3O4. The molecule has 4 rings (SSSR count). The van der Waals surface area contributed by atoms with Crippen LogP contribution in [0.5, 0.6) is 0 Å². The van der Waals surface area contributed by atoms with Gasteiger partial charge in [0, 0.05) is 24.2 Å². The lowest BCUT2D eigenvalue weighted by Gasteiger charge is -2.20. The molecule has 3 aromatic rings. The first kappa shape index (κ1) is 19.4. The van der Waals surface area contributed by atoms with Gasteiger partial charge >= 0.3 is 0 Å². The molecule has 1 fully saturated rings. The zero-order chi connectivity index (χ0) is 21.1. The Bertz CT molecular complexity index is 1110. The van der Waals surface area contributed by atoms with E-state index < -0.39 is 5.91 Å². The molecule has 152 valence electrons. The second kappa shape index (κ2) is 8.24. The summed E-state index contributed by atoms with van der Waals surface area (Å²) in [6.07, 6.45) is 2.74. The van der Waals surface area contributed by atoms with Crippen molar-refractivity contribution in [2.75, 3.05) is 22.1 Å². The van der Waals surface area contributed by atoms with Crippen LogP contribution in [0.2, 0.25) is 0 Å². The van der Waals surface area contributed by atoms with Crippen LogP contribution in [-0.2, 0) is 4.79 Å². The van der Waals surface area contributed by atoms with Gasteiger partial charge in [-0.25, -0.2) is 0 Å². The first-order valence-electron chi connectivity index (χ1n) is 9.69. The van der Waals surface area contributed by atoms with E-state index in [2.05, 4.69) is 10.6 Å². The minimum Gasteiger partial charge on any atom is -0.459 e. The second-order valence-corrected chi connectivity index (χ2v) is 7.08. The molecule has 0 radical (unpaired) electrons. The average Bonchev–Trinajstić information content (AvgIpc) is 3.42. The van der Waals surface area contributed by atoms with Gasteiger partial charge in [0.05, 0.1) is 17.6 Å². The highest BCUT2D eigenvalue weighted by molar-refractivity contribution is 6.09. The van der Waals surface area contributed by atoms with Crippen molar-refractivity contribution in [1.29, 1.82) is 0 Å². The lowest BCUT2D eigenvalue weighted by Crippen LogP contribution is -2.25. The number of rotatable bonds is 5. The van der Waals surface area contributed by atoms with Gasteiger partial charge in [-0.05, 0) is 55.3 Å². The number of benzene rings is 2. The third kappa shape index (κ3) is 3.96. The molecule has 0 unspecified atom stereocenters. The summed E-state index contributed by atoms with van der Waals surface area (Å²) in [6, 6.07) is 15.5. The molecule has 0 atom stereocenters. The van der Waals surface area contributed by atoms with Crippen LogP contribution in [0.1, 0.15) is 39.3 Å². The molecule has 3 amide bonds. The number of para-hydroxylation sites is 2. The first-order valence-corrected chi connectivity index (χ1v) is 9.69. The fourth-order valence-corrected chi connectivity index (χ4v) is 3.40. The van der Waals surface area contributed by atoms with Crippen LogP contribution in [0.3, 0.4) is 0 Å². The van der Waals surface area contributed by atoms with E-state index >= 15 is 0 Å². The normalized spacial score (nSPS) is 13.4. The number of nitrogens with one attached hydrogen (secondary N) is 2. The van der Waals surface area contributed by atoms with E-state index in [4.69, 9.17) is 4.42 Å². The molecule has 0 aliphatic carbocycles. The molecule has 1 saturated heterocycles. The predicted molar refractivity (Wildman–Crippen MR) is 114 cm³/mol. The van der Waals surface area contributed by atoms with Gasteiger partial charge in [-0.15, -0.1) is 0 Å². The van der Waals surface area contributed by atoms with Gasteiger partial charge in [0.1, 0.15) is 0 Å². The van der Waals surface area contributed by atoms with Crippen LogP contribution >= 0.6 is 0 Å². The van der Waals surface area contributed by atoms with Gasteiger partial charge in [-0.2, -0.15) is 0 Å². The molecule has 0 bridgehead atoms. The van der Waals surface area contributed by atoms with Crippen molar-refractivity contribution in [3.8, 4) is 0 Å². The van der Waals surface area contributed by atoms with E-state index in [9.17, 15) is 14.4 Å². The van der Waals surface area contributed by atoms with E-state index in [0.29, 0.717) is 35.6 Å². The Labute approximate surface area is 173 Å². The zero-order valence-corrected chi connectivity index (χ0v) is 16.5. The number of furan rings is 1. The summed E-state index contributed by atoms with van der Waals surface area (Å²) >= 11 is 0. The van der Waals surface area contributed by atoms with Crippen LogP contribution in [0.4, 0.5) is 17.1 Å². The van der Waals surface area contributed by atoms with Crippen LogP contribution in [-0.4, -0.2) is 24.3 Å². The Hall–Kier alpha value is -3.87. The molecule has 7 nitrogen and oxygen atoms in total. The average molecular weight is 403 g/mol. The smallest absolute Gasteiger partial charge is 0.291 e. The molecule has 7 heteroatoms. The molecule has 2 N–H and O–H groups in total. The number of anilines is 3. The highest BCUT2D eigenvalue weighted by Crippen LogP contribution is 2.30. The predicted octanol–water partition coefficient (Wildman–Crippen LogP) is 4.22. The molecule has 1 aliphatic heterocycles. The third-order valence-corrected chi connectivity index (χ3v) is 5.01. The number of aryl methyl sites for hydroxylation is 1. The maximum absolute atomic E-state index is 12.9. The molecular weight excluding hydrogens is 382 g/mol. The fourth-order valence-electron chi connectivity index (χ4n) is 3.40. The van der Waals surface area contributed by atoms with Gasteiger partial charge in [-0.3, -0.25) is 14.4 Å². The quantitative estimate of drug-likeness (QED) is 0.667. The van der Waals surface area contributed by atoms with Gasteiger partial charge in [0.2, 0.25) is 5.91 Å². The largest absolute Gasteiger partial charge is 0.459 e. The van der Waals surface area contributed by atoms with Crippen molar-refractivity contribution >= 4 is 34.8 Å². The fraction of sp³-hybridized carbons (Fsp3) is 0.174. The summed E-state index contributed by atoms with van der Waals surface area (Å²) in [5.41, 5.74) is 2.98. The van der Waals surface area contributed by atoms with Crippen LogP contribution in [0.25, 0.3) is 0 Å². The van der Waals surface area contributed by atoms with Gasteiger partial charge in [0.25, 0.3) is 11.8 Å². The summed E-state index contributed by atoms with van der Waals surface area (Å²) in [5.74, 6) is -0.482. The van der Waals surface area contributed by atoms with E-state index in [1.165, 1.54) is 6.26 Å². The minimum absolute atomic E-state index is 0.0509. The Morgan fingerprint density at radius 2 is 1.77 bits per heavy atom. The molecule has 1 aliphatic rings. The maximum atomic E-state index is 12.9. The summed E-state index contributed by atoms with van der Waals surface area (Å²) < 4.78 is 5.11. The van der Waals surface area contributed by atoms with E-state index in [1.807, 2.05) is 25.1 Å². The highest BCUT2D eigenvalue weighted by atomic mass is 16.3. The second-order valence-electron chi connectivity index (χ2n) is 7.08. The summed E-state index contributed by atoms with van der Waals surface area (Å²) in [4.78, 5) is 39.0. The van der Waals surface area contributed by atoms with Crippen molar-refractivity contribution in [2.24, 2.45) is 0 Å². The Kier molecular flexibility index (Phi) is 5.34. The lowest BCUT2D eigenvalue weighted by molar-refractivity contribution is -0.117. The van der Waals surface area contributed by atoms with Gasteiger partial charge in [0.15, 0.2) is 5.76 Å². The number of carbonyl (C=O) groups is 3. The summed E-state index contributed by atoms with van der Waals surface area (Å²) in [6.45, 7) is 2.48. The SMILES string of the molecule is Cc1ccc(C(=O)Nc2ccccc2N2CCCC2=O)cc1NC(=O)c1ccco1. The number of carbonyl (C=O) groups excluding carboxylic acids is 3. The van der Waals surface area contributed by atoms with Crippen molar-refractivity contribution in [3.05, 3.63) is 77.7 Å². The van der Waals surface area contributed by atoms with E-state index in [0.717, 1.165) is 12.0 Å². The minimum atomic E-state index is -0.390. The summed E-state index contributed by atoms with van der Waals surface area (Å²) in [5, 5.41) is 5.66. The number of hydrogen-bond donors (Lipinski definition) is 2. The van der Waals surface area contributed by atoms with Crippen molar-refractivity contribution in [1.82, 2.24) is 0 Å². The molecule has 1 aromatic heterocycles. The lowest BCUT2D eigenvalue weighted by atomic mass is 10.1. The maximum Gasteiger partial charge on any atom is 0.291 e. The monoisotopic (exact) mass is 403 g/mol.